The van der Waals surface area contributed by atoms with Crippen LogP contribution in [-0.2, 0) is 6.42 Å². The second-order valence-electron chi connectivity index (χ2n) is 3.88. The zero-order valence-electron chi connectivity index (χ0n) is 10.3. The highest BCUT2D eigenvalue weighted by atomic mass is 32.2. The normalized spacial score (nSPS) is 12.3. The number of aromatic nitrogens is 2. The van der Waals surface area contributed by atoms with Gasteiger partial charge >= 0.3 is 0 Å². The summed E-state index contributed by atoms with van der Waals surface area (Å²) in [5, 5.41) is -0.134. The molecule has 0 aliphatic carbocycles. The Bertz CT molecular complexity index is 508. The molecular weight excluding hydrogens is 264 g/mol. The van der Waals surface area contributed by atoms with Gasteiger partial charge in [0.15, 0.2) is 10.1 Å². The van der Waals surface area contributed by atoms with Gasteiger partial charge in [-0.05, 0) is 30.4 Å². The van der Waals surface area contributed by atoms with Crippen LogP contribution in [0.15, 0.2) is 34.9 Å². The monoisotopic (exact) mass is 278 g/mol. The van der Waals surface area contributed by atoms with Gasteiger partial charge in [0, 0.05) is 5.56 Å². The number of benzene rings is 1. The number of hydrogen-bond acceptors (Lipinski definition) is 5. The van der Waals surface area contributed by atoms with Crippen molar-refractivity contribution in [3.8, 4) is 0 Å². The lowest BCUT2D eigenvalue weighted by Crippen LogP contribution is -2.13. The van der Waals surface area contributed by atoms with Gasteiger partial charge in [0.2, 0.25) is 0 Å². The number of nitrogens with zero attached hydrogens (tertiary/aromatic N) is 2. The summed E-state index contributed by atoms with van der Waals surface area (Å²) in [4.78, 5) is 16.3. The van der Waals surface area contributed by atoms with Gasteiger partial charge in [-0.1, -0.05) is 43.0 Å². The molecule has 0 fully saturated rings. The van der Waals surface area contributed by atoms with Crippen molar-refractivity contribution in [2.24, 2.45) is 0 Å². The fraction of sp³-hybridized carbons (Fsp3) is 0.308. The molecule has 0 aliphatic rings. The van der Waals surface area contributed by atoms with E-state index in [4.69, 9.17) is 0 Å². The molecule has 0 N–H and O–H groups in total. The van der Waals surface area contributed by atoms with E-state index in [2.05, 4.69) is 16.3 Å². The standard InChI is InChI=1S/C13H14N2OS2/c1-3-10-4-6-11(7-5-10)12(16)9(2)17-13-14-8-15-18-13/h4-9H,3H2,1-2H3. The van der Waals surface area contributed by atoms with Crippen LogP contribution in [0, 0.1) is 0 Å². The van der Waals surface area contributed by atoms with Gasteiger partial charge in [0.25, 0.3) is 0 Å². The molecule has 0 amide bonds. The molecule has 0 saturated heterocycles. The van der Waals surface area contributed by atoms with Gasteiger partial charge in [-0.2, -0.15) is 4.37 Å². The zero-order chi connectivity index (χ0) is 13.0. The molecular formula is C13H14N2OS2. The maximum atomic E-state index is 12.2. The molecule has 0 bridgehead atoms. The van der Waals surface area contributed by atoms with Crippen LogP contribution in [0.25, 0.3) is 0 Å². The van der Waals surface area contributed by atoms with Crippen LogP contribution >= 0.6 is 23.3 Å². The number of thioether (sulfide) groups is 1. The van der Waals surface area contributed by atoms with Crippen LogP contribution in [0.3, 0.4) is 0 Å². The largest absolute Gasteiger partial charge is 0.293 e. The fourth-order valence-corrected chi connectivity index (χ4v) is 3.23. The van der Waals surface area contributed by atoms with E-state index in [9.17, 15) is 4.79 Å². The number of Topliss-reactive ketones (excluding diaryl/α,β-unsaturated/α-hetero) is 1. The van der Waals surface area contributed by atoms with Crippen molar-refractivity contribution in [2.45, 2.75) is 29.9 Å². The van der Waals surface area contributed by atoms with Crippen LogP contribution < -0.4 is 0 Å². The highest BCUT2D eigenvalue weighted by Gasteiger charge is 2.17. The molecule has 5 heteroatoms. The molecule has 0 spiro atoms. The lowest BCUT2D eigenvalue weighted by Gasteiger charge is -2.08. The lowest BCUT2D eigenvalue weighted by atomic mass is 10.1. The fourth-order valence-electron chi connectivity index (χ4n) is 1.56. The van der Waals surface area contributed by atoms with E-state index in [1.807, 2.05) is 31.2 Å². The van der Waals surface area contributed by atoms with Crippen molar-refractivity contribution in [1.29, 1.82) is 0 Å². The first-order valence-corrected chi connectivity index (χ1v) is 7.42. The van der Waals surface area contributed by atoms with Crippen molar-refractivity contribution >= 4 is 29.1 Å². The Kier molecular flexibility index (Phi) is 4.49. The maximum Gasteiger partial charge on any atom is 0.175 e. The Morgan fingerprint density at radius 1 is 1.39 bits per heavy atom. The lowest BCUT2D eigenvalue weighted by molar-refractivity contribution is 0.0994. The highest BCUT2D eigenvalue weighted by Crippen LogP contribution is 2.26. The molecule has 1 aromatic carbocycles. The van der Waals surface area contributed by atoms with Crippen LogP contribution in [0.1, 0.15) is 29.8 Å². The number of rotatable bonds is 5. The van der Waals surface area contributed by atoms with Gasteiger partial charge in [-0.25, -0.2) is 4.98 Å². The Labute approximate surface area is 115 Å². The average molecular weight is 278 g/mol. The number of carbonyl (C=O) groups excluding carboxylic acids is 1. The summed E-state index contributed by atoms with van der Waals surface area (Å²) in [5.41, 5.74) is 2.01. The van der Waals surface area contributed by atoms with Crippen LogP contribution in [0.2, 0.25) is 0 Å². The van der Waals surface area contributed by atoms with Gasteiger partial charge in [0.1, 0.15) is 6.33 Å². The van der Waals surface area contributed by atoms with Crippen molar-refractivity contribution in [2.75, 3.05) is 0 Å². The molecule has 1 aromatic heterocycles. The summed E-state index contributed by atoms with van der Waals surface area (Å²) < 4.78 is 4.76. The molecule has 1 atom stereocenters. The quantitative estimate of drug-likeness (QED) is 0.620. The number of carbonyl (C=O) groups is 1. The molecule has 94 valence electrons. The Hall–Kier alpha value is -1.20. The minimum atomic E-state index is -0.134. The maximum absolute atomic E-state index is 12.2. The van der Waals surface area contributed by atoms with Crippen LogP contribution in [0.4, 0.5) is 0 Å². The molecule has 2 aromatic rings. The Balaban J connectivity index is 2.05. The first kappa shape index (κ1) is 13.2. The predicted molar refractivity (Wildman–Crippen MR) is 75.4 cm³/mol. The highest BCUT2D eigenvalue weighted by molar-refractivity contribution is 8.02. The van der Waals surface area contributed by atoms with Crippen molar-refractivity contribution < 1.29 is 4.79 Å². The molecule has 1 unspecified atom stereocenters. The molecule has 0 saturated carbocycles. The van der Waals surface area contributed by atoms with E-state index in [1.54, 1.807) is 0 Å². The number of hydrogen-bond donors (Lipinski definition) is 0. The topological polar surface area (TPSA) is 42.9 Å². The number of aryl methyl sites for hydroxylation is 1. The van der Waals surface area contributed by atoms with E-state index in [1.165, 1.54) is 35.2 Å². The van der Waals surface area contributed by atoms with E-state index in [0.29, 0.717) is 0 Å². The summed E-state index contributed by atoms with van der Waals surface area (Å²) in [5.74, 6) is 0.137. The third-order valence-electron chi connectivity index (χ3n) is 2.63. The van der Waals surface area contributed by atoms with Gasteiger partial charge in [-0.15, -0.1) is 0 Å². The second-order valence-corrected chi connectivity index (χ2v) is 6.25. The minimum absolute atomic E-state index is 0.134. The summed E-state index contributed by atoms with van der Waals surface area (Å²) in [6.07, 6.45) is 2.50. The Morgan fingerprint density at radius 3 is 2.67 bits per heavy atom. The average Bonchev–Trinajstić information content (AvgIpc) is 2.91. The zero-order valence-corrected chi connectivity index (χ0v) is 11.9. The van der Waals surface area contributed by atoms with E-state index >= 15 is 0 Å². The third-order valence-corrected chi connectivity index (χ3v) is 4.48. The summed E-state index contributed by atoms with van der Waals surface area (Å²) in [7, 11) is 0. The van der Waals surface area contributed by atoms with Gasteiger partial charge < -0.3 is 0 Å². The van der Waals surface area contributed by atoms with Crippen LogP contribution in [-0.4, -0.2) is 20.4 Å². The summed E-state index contributed by atoms with van der Waals surface area (Å²) in [6.45, 7) is 4.01. The first-order valence-electron chi connectivity index (χ1n) is 5.77. The van der Waals surface area contributed by atoms with E-state index in [0.717, 1.165) is 16.3 Å². The van der Waals surface area contributed by atoms with E-state index < -0.39 is 0 Å². The third kappa shape index (κ3) is 3.17. The van der Waals surface area contributed by atoms with Gasteiger partial charge in [-0.3, -0.25) is 4.79 Å². The summed E-state index contributed by atoms with van der Waals surface area (Å²) >= 11 is 2.78. The minimum Gasteiger partial charge on any atom is -0.293 e. The molecule has 3 nitrogen and oxygen atoms in total. The van der Waals surface area contributed by atoms with E-state index in [-0.39, 0.29) is 11.0 Å². The first-order chi connectivity index (χ1) is 8.70. The second kappa shape index (κ2) is 6.11. The molecule has 0 radical (unpaired) electrons. The predicted octanol–water partition coefficient (Wildman–Crippen LogP) is 3.46. The molecule has 0 aliphatic heterocycles. The Morgan fingerprint density at radius 2 is 2.11 bits per heavy atom. The van der Waals surface area contributed by atoms with Crippen molar-refractivity contribution in [3.63, 3.8) is 0 Å². The molecule has 18 heavy (non-hydrogen) atoms. The number of ketones is 1. The van der Waals surface area contributed by atoms with Crippen molar-refractivity contribution in [3.05, 3.63) is 41.7 Å². The smallest absolute Gasteiger partial charge is 0.175 e. The van der Waals surface area contributed by atoms with Crippen molar-refractivity contribution in [1.82, 2.24) is 9.36 Å². The summed E-state index contributed by atoms with van der Waals surface area (Å²) in [6, 6.07) is 7.82. The molecule has 1 heterocycles. The SMILES string of the molecule is CCc1ccc(C(=O)C(C)Sc2ncns2)cc1. The molecule has 2 rings (SSSR count). The van der Waals surface area contributed by atoms with Crippen LogP contribution in [0.5, 0.6) is 0 Å². The van der Waals surface area contributed by atoms with Gasteiger partial charge in [0.05, 0.1) is 5.25 Å².